The number of hydrogen-bond acceptors (Lipinski definition) is 2. The fourth-order valence-corrected chi connectivity index (χ4v) is 4.02. The van der Waals surface area contributed by atoms with E-state index < -0.39 is 0 Å². The molecule has 2 nitrogen and oxygen atoms in total. The van der Waals surface area contributed by atoms with Gasteiger partial charge >= 0.3 is 0 Å². The molecule has 2 heteroatoms. The highest BCUT2D eigenvalue weighted by molar-refractivity contribution is 5.85. The minimum Gasteiger partial charge on any atom is -0.507 e. The van der Waals surface area contributed by atoms with E-state index in [0.717, 1.165) is 39.1 Å². The molecule has 3 N–H and O–H groups in total. The van der Waals surface area contributed by atoms with Crippen molar-refractivity contribution in [3.8, 4) is 50.3 Å². The number of benzene rings is 5. The second-order valence-corrected chi connectivity index (χ2v) is 7.84. The number of hydrogen-bond donors (Lipinski definition) is 2. The first-order valence-electron chi connectivity index (χ1n) is 10.6. The van der Waals surface area contributed by atoms with Gasteiger partial charge in [0.15, 0.2) is 0 Å². The van der Waals surface area contributed by atoms with Gasteiger partial charge in [-0.3, -0.25) is 0 Å². The number of anilines is 1. The number of phenols is 1. The van der Waals surface area contributed by atoms with Crippen LogP contribution in [0, 0.1) is 0 Å². The molecule has 0 aromatic heterocycles. The minimum absolute atomic E-state index is 0.270. The lowest BCUT2D eigenvalue weighted by atomic mass is 9.94. The molecule has 5 rings (SSSR count). The molecule has 0 saturated carbocycles. The van der Waals surface area contributed by atoms with E-state index in [9.17, 15) is 5.11 Å². The van der Waals surface area contributed by atoms with E-state index in [0.29, 0.717) is 0 Å². The summed E-state index contributed by atoms with van der Waals surface area (Å²) < 4.78 is 0. The highest BCUT2D eigenvalue weighted by atomic mass is 16.3. The third kappa shape index (κ3) is 3.86. The Labute approximate surface area is 188 Å². The van der Waals surface area contributed by atoms with Gasteiger partial charge in [-0.2, -0.15) is 0 Å². The van der Waals surface area contributed by atoms with Crippen molar-refractivity contribution in [2.45, 2.75) is 0 Å². The summed E-state index contributed by atoms with van der Waals surface area (Å²) in [4.78, 5) is 0. The fourth-order valence-electron chi connectivity index (χ4n) is 4.02. The van der Waals surface area contributed by atoms with Crippen LogP contribution in [0.4, 0.5) is 5.69 Å². The van der Waals surface area contributed by atoms with Gasteiger partial charge in [0.05, 0.1) is 0 Å². The van der Waals surface area contributed by atoms with E-state index in [1.165, 1.54) is 11.1 Å². The Bertz CT molecular complexity index is 1360. The van der Waals surface area contributed by atoms with Crippen LogP contribution in [0.25, 0.3) is 44.5 Å². The van der Waals surface area contributed by atoms with Crippen LogP contribution in [-0.4, -0.2) is 5.11 Å². The third-order valence-electron chi connectivity index (χ3n) is 5.77. The molecule has 5 aromatic carbocycles. The van der Waals surface area contributed by atoms with Crippen LogP contribution in [0.15, 0.2) is 121 Å². The summed E-state index contributed by atoms with van der Waals surface area (Å²) in [5.74, 6) is 0.270. The maximum absolute atomic E-state index is 10.4. The summed E-state index contributed by atoms with van der Waals surface area (Å²) in [6.07, 6.45) is 0. The Morgan fingerprint density at radius 3 is 1.50 bits per heavy atom. The van der Waals surface area contributed by atoms with Crippen LogP contribution in [-0.2, 0) is 0 Å². The van der Waals surface area contributed by atoms with E-state index >= 15 is 0 Å². The van der Waals surface area contributed by atoms with Crippen molar-refractivity contribution in [3.63, 3.8) is 0 Å². The summed E-state index contributed by atoms with van der Waals surface area (Å²) in [5.41, 5.74) is 15.4. The highest BCUT2D eigenvalue weighted by Crippen LogP contribution is 2.36. The summed E-state index contributed by atoms with van der Waals surface area (Å²) >= 11 is 0. The van der Waals surface area contributed by atoms with Gasteiger partial charge in [0, 0.05) is 16.8 Å². The largest absolute Gasteiger partial charge is 0.507 e. The monoisotopic (exact) mass is 413 g/mol. The van der Waals surface area contributed by atoms with Crippen molar-refractivity contribution in [2.24, 2.45) is 0 Å². The average molecular weight is 414 g/mol. The predicted octanol–water partition coefficient (Wildman–Crippen LogP) is 7.64. The van der Waals surface area contributed by atoms with Crippen molar-refractivity contribution in [2.75, 3.05) is 5.73 Å². The molecule has 0 saturated heterocycles. The molecule has 0 fully saturated rings. The Balaban J connectivity index is 1.52. The topological polar surface area (TPSA) is 46.2 Å². The van der Waals surface area contributed by atoms with Gasteiger partial charge in [-0.25, -0.2) is 0 Å². The van der Waals surface area contributed by atoms with Crippen molar-refractivity contribution in [1.29, 1.82) is 0 Å². The smallest absolute Gasteiger partial charge is 0.123 e. The zero-order valence-electron chi connectivity index (χ0n) is 17.6. The SMILES string of the molecule is Nc1ccc(-c2ccc(O)c(-c3ccccc3)c2)cc1-c1ccc(-c2ccccc2)cc1. The zero-order chi connectivity index (χ0) is 21.9. The van der Waals surface area contributed by atoms with Gasteiger partial charge in [-0.15, -0.1) is 0 Å². The average Bonchev–Trinajstić information content (AvgIpc) is 2.86. The van der Waals surface area contributed by atoms with Crippen molar-refractivity contribution in [1.82, 2.24) is 0 Å². The van der Waals surface area contributed by atoms with E-state index in [4.69, 9.17) is 5.73 Å². The molecule has 0 unspecified atom stereocenters. The number of phenolic OH excluding ortho intramolecular Hbond substituents is 1. The predicted molar refractivity (Wildman–Crippen MR) is 134 cm³/mol. The molecular weight excluding hydrogens is 390 g/mol. The molecule has 0 amide bonds. The summed E-state index contributed by atoms with van der Waals surface area (Å²) in [7, 11) is 0. The van der Waals surface area contributed by atoms with Crippen LogP contribution in [0.5, 0.6) is 5.75 Å². The second-order valence-electron chi connectivity index (χ2n) is 7.84. The molecule has 0 spiro atoms. The standard InChI is InChI=1S/C30H23NO/c31-29-17-15-25(26-16-18-30(32)28(20-26)23-9-5-2-6-10-23)19-27(29)24-13-11-22(12-14-24)21-7-3-1-4-8-21/h1-20,32H,31H2. The van der Waals surface area contributed by atoms with Crippen LogP contribution in [0.1, 0.15) is 0 Å². The highest BCUT2D eigenvalue weighted by Gasteiger charge is 2.10. The molecule has 0 atom stereocenters. The van der Waals surface area contributed by atoms with Gasteiger partial charge in [-0.05, 0) is 57.6 Å². The molecule has 32 heavy (non-hydrogen) atoms. The first-order valence-corrected chi connectivity index (χ1v) is 10.6. The normalized spacial score (nSPS) is 10.8. The molecule has 0 aliphatic rings. The molecular formula is C30H23NO. The first-order chi connectivity index (χ1) is 15.7. The molecule has 0 aliphatic carbocycles. The maximum atomic E-state index is 10.4. The van der Waals surface area contributed by atoms with E-state index in [-0.39, 0.29) is 5.75 Å². The first kappa shape index (κ1) is 19.7. The summed E-state index contributed by atoms with van der Waals surface area (Å²) in [6, 6.07) is 40.6. The molecule has 154 valence electrons. The van der Waals surface area contributed by atoms with Crippen LogP contribution < -0.4 is 5.73 Å². The van der Waals surface area contributed by atoms with Crippen LogP contribution in [0.2, 0.25) is 0 Å². The van der Waals surface area contributed by atoms with Crippen molar-refractivity contribution in [3.05, 3.63) is 121 Å². The lowest BCUT2D eigenvalue weighted by Crippen LogP contribution is -1.91. The fraction of sp³-hybridized carbons (Fsp3) is 0. The van der Waals surface area contributed by atoms with Gasteiger partial charge < -0.3 is 10.8 Å². The number of rotatable bonds is 4. The number of aromatic hydroxyl groups is 1. The Kier molecular flexibility index (Phi) is 5.19. The van der Waals surface area contributed by atoms with Gasteiger partial charge in [-0.1, -0.05) is 97.1 Å². The summed E-state index contributed by atoms with van der Waals surface area (Å²) in [6.45, 7) is 0. The van der Waals surface area contributed by atoms with E-state index in [2.05, 4.69) is 42.5 Å². The third-order valence-corrected chi connectivity index (χ3v) is 5.77. The Morgan fingerprint density at radius 1 is 0.406 bits per heavy atom. The van der Waals surface area contributed by atoms with Crippen LogP contribution in [0.3, 0.4) is 0 Å². The van der Waals surface area contributed by atoms with Crippen LogP contribution >= 0.6 is 0 Å². The molecule has 5 aromatic rings. The molecule has 0 aliphatic heterocycles. The summed E-state index contributed by atoms with van der Waals surface area (Å²) in [5, 5.41) is 10.4. The van der Waals surface area contributed by atoms with E-state index in [1.807, 2.05) is 72.8 Å². The lowest BCUT2D eigenvalue weighted by Gasteiger charge is -2.12. The van der Waals surface area contributed by atoms with Gasteiger partial charge in [0.25, 0.3) is 0 Å². The van der Waals surface area contributed by atoms with Gasteiger partial charge in [0.1, 0.15) is 5.75 Å². The number of nitrogen functional groups attached to an aromatic ring is 1. The molecule has 0 radical (unpaired) electrons. The Morgan fingerprint density at radius 2 is 0.844 bits per heavy atom. The maximum Gasteiger partial charge on any atom is 0.123 e. The molecule has 0 heterocycles. The second kappa shape index (κ2) is 8.44. The zero-order valence-corrected chi connectivity index (χ0v) is 17.6. The molecule has 0 bridgehead atoms. The minimum atomic E-state index is 0.270. The van der Waals surface area contributed by atoms with Crippen molar-refractivity contribution < 1.29 is 5.11 Å². The Hall–Kier alpha value is -4.30. The quantitative estimate of drug-likeness (QED) is 0.297. The van der Waals surface area contributed by atoms with E-state index in [1.54, 1.807) is 6.07 Å². The number of nitrogens with two attached hydrogens (primary N) is 1. The lowest BCUT2D eigenvalue weighted by molar-refractivity contribution is 0.477. The van der Waals surface area contributed by atoms with Gasteiger partial charge in [0.2, 0.25) is 0 Å². The van der Waals surface area contributed by atoms with Crippen molar-refractivity contribution >= 4 is 5.69 Å².